The topological polar surface area (TPSA) is 50.3 Å². The maximum Gasteiger partial charge on any atom is 0.199 e. The molecule has 0 bridgehead atoms. The Morgan fingerprint density at radius 1 is 1.21 bits per heavy atom. The summed E-state index contributed by atoms with van der Waals surface area (Å²) in [4.78, 5) is 10.1. The smallest absolute Gasteiger partial charge is 0.199 e. The summed E-state index contributed by atoms with van der Waals surface area (Å²) in [7, 11) is 5.49. The minimum atomic E-state index is 0.280. The predicted molar refractivity (Wildman–Crippen MR) is 77.6 cm³/mol. The van der Waals surface area contributed by atoms with Gasteiger partial charge in [0.1, 0.15) is 6.33 Å². The van der Waals surface area contributed by atoms with E-state index >= 15 is 0 Å². The third-order valence-electron chi connectivity index (χ3n) is 2.60. The Kier molecular flexibility index (Phi) is 4.06. The largest absolute Gasteiger partial charge is 0.490 e. The molecule has 1 aromatic carbocycles. The van der Waals surface area contributed by atoms with Crippen LogP contribution >= 0.6 is 11.6 Å². The number of benzene rings is 1. The fraction of sp³-hybridized carbons (Fsp3) is 0.231. The molecular formula is C13H15ClN4O. The molecule has 0 aliphatic rings. The monoisotopic (exact) mass is 278 g/mol. The van der Waals surface area contributed by atoms with E-state index < -0.39 is 0 Å². The fourth-order valence-electron chi connectivity index (χ4n) is 1.72. The number of para-hydroxylation sites is 2. The van der Waals surface area contributed by atoms with Crippen LogP contribution in [0.4, 0.5) is 17.2 Å². The summed E-state index contributed by atoms with van der Waals surface area (Å²) in [6.07, 6.45) is 1.39. The number of ether oxygens (including phenoxy) is 1. The lowest BCUT2D eigenvalue weighted by atomic mass is 10.2. The van der Waals surface area contributed by atoms with E-state index in [4.69, 9.17) is 16.3 Å². The van der Waals surface area contributed by atoms with Gasteiger partial charge in [-0.3, -0.25) is 0 Å². The van der Waals surface area contributed by atoms with Crippen LogP contribution < -0.4 is 15.0 Å². The van der Waals surface area contributed by atoms with Crippen LogP contribution in [0.3, 0.4) is 0 Å². The molecule has 0 aliphatic heterocycles. The van der Waals surface area contributed by atoms with Crippen LogP contribution in [0.2, 0.25) is 5.15 Å². The number of aromatic nitrogens is 2. The van der Waals surface area contributed by atoms with Crippen molar-refractivity contribution < 1.29 is 4.74 Å². The van der Waals surface area contributed by atoms with Crippen molar-refractivity contribution in [3.8, 4) is 5.75 Å². The van der Waals surface area contributed by atoms with Gasteiger partial charge in [0.25, 0.3) is 0 Å². The van der Waals surface area contributed by atoms with Crippen molar-refractivity contribution in [1.82, 2.24) is 9.97 Å². The summed E-state index contributed by atoms with van der Waals surface area (Å²) in [5, 5.41) is 3.49. The van der Waals surface area contributed by atoms with Gasteiger partial charge in [-0.1, -0.05) is 23.7 Å². The van der Waals surface area contributed by atoms with Gasteiger partial charge in [-0.2, -0.15) is 0 Å². The van der Waals surface area contributed by atoms with E-state index in [1.165, 1.54) is 13.4 Å². The van der Waals surface area contributed by atoms with Crippen LogP contribution in [0.5, 0.6) is 5.75 Å². The van der Waals surface area contributed by atoms with Gasteiger partial charge in [0.2, 0.25) is 0 Å². The second-order valence-corrected chi connectivity index (χ2v) is 4.44. The maximum absolute atomic E-state index is 5.97. The third-order valence-corrected chi connectivity index (χ3v) is 2.87. The van der Waals surface area contributed by atoms with Gasteiger partial charge < -0.3 is 15.0 Å². The van der Waals surface area contributed by atoms with Gasteiger partial charge in [-0.15, -0.1) is 0 Å². The van der Waals surface area contributed by atoms with Crippen LogP contribution in [0.15, 0.2) is 30.6 Å². The molecule has 0 unspecified atom stereocenters. The maximum atomic E-state index is 5.97. The first-order valence-corrected chi connectivity index (χ1v) is 6.09. The van der Waals surface area contributed by atoms with Crippen molar-refractivity contribution in [3.63, 3.8) is 0 Å². The molecule has 2 aromatic rings. The first kappa shape index (κ1) is 13.4. The Hall–Kier alpha value is -2.01. The first-order valence-electron chi connectivity index (χ1n) is 5.71. The fourth-order valence-corrected chi connectivity index (χ4v) is 1.93. The highest BCUT2D eigenvalue weighted by atomic mass is 35.5. The lowest BCUT2D eigenvalue weighted by molar-refractivity contribution is 0.413. The molecule has 1 aromatic heterocycles. The Balaban J connectivity index is 2.39. The predicted octanol–water partition coefficient (Wildman–Crippen LogP) is 2.95. The zero-order valence-corrected chi connectivity index (χ0v) is 11.8. The minimum absolute atomic E-state index is 0.280. The molecule has 100 valence electrons. The lowest BCUT2D eigenvalue weighted by Crippen LogP contribution is -2.11. The molecule has 0 aliphatic carbocycles. The van der Waals surface area contributed by atoms with E-state index in [0.29, 0.717) is 11.6 Å². The number of nitrogens with zero attached hydrogens (tertiary/aromatic N) is 3. The van der Waals surface area contributed by atoms with Gasteiger partial charge in [0.15, 0.2) is 16.7 Å². The van der Waals surface area contributed by atoms with Crippen molar-refractivity contribution in [1.29, 1.82) is 0 Å². The van der Waals surface area contributed by atoms with Gasteiger partial charge in [0.05, 0.1) is 18.5 Å². The standard InChI is InChI=1S/C13H15ClN4O/c1-18(2)10-7-5-4-6-9(10)17-13-11(19-3)12(14)15-8-16-13/h4-8H,1-3H3,(H,15,16,17). The van der Waals surface area contributed by atoms with Gasteiger partial charge in [0, 0.05) is 14.1 Å². The highest BCUT2D eigenvalue weighted by molar-refractivity contribution is 6.31. The molecular weight excluding hydrogens is 264 g/mol. The third kappa shape index (κ3) is 2.88. The molecule has 0 fully saturated rings. The van der Waals surface area contributed by atoms with Crippen LogP contribution in [0, 0.1) is 0 Å². The highest BCUT2D eigenvalue weighted by Gasteiger charge is 2.12. The molecule has 1 heterocycles. The molecule has 0 spiro atoms. The number of nitrogens with one attached hydrogen (secondary N) is 1. The van der Waals surface area contributed by atoms with Gasteiger partial charge in [-0.25, -0.2) is 9.97 Å². The minimum Gasteiger partial charge on any atom is -0.490 e. The summed E-state index contributed by atoms with van der Waals surface area (Å²) in [6, 6.07) is 7.90. The van der Waals surface area contributed by atoms with Crippen LogP contribution in [-0.4, -0.2) is 31.2 Å². The molecule has 2 rings (SSSR count). The Morgan fingerprint density at radius 3 is 2.63 bits per heavy atom. The molecule has 0 radical (unpaired) electrons. The van der Waals surface area contributed by atoms with Crippen molar-refractivity contribution in [2.45, 2.75) is 0 Å². The van der Waals surface area contributed by atoms with E-state index in [2.05, 4.69) is 15.3 Å². The second kappa shape index (κ2) is 5.75. The van der Waals surface area contributed by atoms with Crippen molar-refractivity contribution >= 4 is 28.8 Å². The second-order valence-electron chi connectivity index (χ2n) is 4.08. The summed E-state index contributed by atoms with van der Waals surface area (Å²) >= 11 is 5.97. The Bertz CT molecular complexity index is 574. The Labute approximate surface area is 117 Å². The van der Waals surface area contributed by atoms with Crippen LogP contribution in [-0.2, 0) is 0 Å². The van der Waals surface area contributed by atoms with Crippen molar-refractivity contribution in [2.24, 2.45) is 0 Å². The average Bonchev–Trinajstić information content (AvgIpc) is 2.39. The van der Waals surface area contributed by atoms with Gasteiger partial charge >= 0.3 is 0 Å². The molecule has 6 heteroatoms. The van der Waals surface area contributed by atoms with E-state index in [1.54, 1.807) is 0 Å². The van der Waals surface area contributed by atoms with Gasteiger partial charge in [-0.05, 0) is 12.1 Å². The molecule has 19 heavy (non-hydrogen) atoms. The molecule has 0 saturated heterocycles. The number of hydrogen-bond donors (Lipinski definition) is 1. The first-order chi connectivity index (χ1) is 9.13. The average molecular weight is 279 g/mol. The summed E-state index contributed by atoms with van der Waals surface area (Å²) in [5.41, 5.74) is 1.96. The number of rotatable bonds is 4. The molecule has 0 amide bonds. The highest BCUT2D eigenvalue weighted by Crippen LogP contribution is 2.33. The Morgan fingerprint density at radius 2 is 1.95 bits per heavy atom. The molecule has 5 nitrogen and oxygen atoms in total. The number of hydrogen-bond acceptors (Lipinski definition) is 5. The molecule has 0 atom stereocenters. The molecule has 0 saturated carbocycles. The van der Waals surface area contributed by atoms with Crippen molar-refractivity contribution in [3.05, 3.63) is 35.7 Å². The number of methoxy groups -OCH3 is 1. The van der Waals surface area contributed by atoms with Crippen LogP contribution in [0.1, 0.15) is 0 Å². The quantitative estimate of drug-likeness (QED) is 0.872. The summed E-state index contributed by atoms with van der Waals surface area (Å²) in [6.45, 7) is 0. The van der Waals surface area contributed by atoms with E-state index in [1.807, 2.05) is 43.3 Å². The molecule has 1 N–H and O–H groups in total. The van der Waals surface area contributed by atoms with E-state index in [9.17, 15) is 0 Å². The zero-order valence-electron chi connectivity index (χ0n) is 11.0. The summed E-state index contributed by atoms with van der Waals surface area (Å²) in [5.74, 6) is 0.967. The number of halogens is 1. The zero-order chi connectivity index (χ0) is 13.8. The SMILES string of the molecule is COc1c(Cl)ncnc1Nc1ccccc1N(C)C. The van der Waals surface area contributed by atoms with E-state index in [-0.39, 0.29) is 5.15 Å². The number of anilines is 3. The summed E-state index contributed by atoms with van der Waals surface area (Å²) < 4.78 is 5.22. The van der Waals surface area contributed by atoms with Crippen molar-refractivity contribution in [2.75, 3.05) is 31.4 Å². The normalized spacial score (nSPS) is 10.1. The lowest BCUT2D eigenvalue weighted by Gasteiger charge is -2.18. The van der Waals surface area contributed by atoms with E-state index in [0.717, 1.165) is 11.4 Å². The van der Waals surface area contributed by atoms with Crippen LogP contribution in [0.25, 0.3) is 0 Å².